The Morgan fingerprint density at radius 1 is 0.528 bits per heavy atom. The third-order valence-electron chi connectivity index (χ3n) is 19.5. The Morgan fingerprint density at radius 3 is 1.46 bits per heavy atom. The molecule has 1 saturated carbocycles. The van der Waals surface area contributed by atoms with Crippen LogP contribution in [0.1, 0.15) is 171 Å². The van der Waals surface area contributed by atoms with Gasteiger partial charge in [-0.05, 0) is 112 Å². The molecule has 0 radical (unpaired) electrons. The maximum atomic E-state index is 15.5. The van der Waals surface area contributed by atoms with Crippen molar-refractivity contribution in [3.05, 3.63) is 71.8 Å². The third kappa shape index (κ3) is 27.8. The summed E-state index contributed by atoms with van der Waals surface area (Å²) >= 11 is 0. The van der Waals surface area contributed by atoms with Crippen molar-refractivity contribution >= 4 is 86.7 Å². The molecule has 0 spiro atoms. The van der Waals surface area contributed by atoms with E-state index in [4.69, 9.17) is 0 Å². The normalized spacial score (nSPS) is 16.7. The van der Waals surface area contributed by atoms with Gasteiger partial charge in [0, 0.05) is 80.6 Å². The topological polar surface area (TPSA) is 351 Å². The van der Waals surface area contributed by atoms with Gasteiger partial charge < -0.3 is 60.9 Å². The Bertz CT molecular complexity index is 3440. The van der Waals surface area contributed by atoms with Crippen LogP contribution in [0.5, 0.6) is 0 Å². The lowest BCUT2D eigenvalue weighted by atomic mass is 9.97. The second kappa shape index (κ2) is 42.3. The van der Waals surface area contributed by atoms with Gasteiger partial charge in [-0.25, -0.2) is 8.42 Å². The number of amides is 12. The molecule has 28 nitrogen and oxygen atoms in total. The first kappa shape index (κ1) is 90.1. The van der Waals surface area contributed by atoms with Gasteiger partial charge in [-0.15, -0.1) is 0 Å². The Hall–Kier alpha value is -8.34. The van der Waals surface area contributed by atoms with Crippen LogP contribution in [0, 0.1) is 29.6 Å². The first-order valence-corrected chi connectivity index (χ1v) is 39.4. The zero-order valence-electron chi connectivity index (χ0n) is 66.1. The van der Waals surface area contributed by atoms with Crippen molar-refractivity contribution in [2.45, 2.75) is 226 Å². The highest BCUT2D eigenvalue weighted by Gasteiger charge is 2.58. The van der Waals surface area contributed by atoms with Gasteiger partial charge in [0.05, 0.1) is 25.4 Å². The number of ketones is 1. The van der Waals surface area contributed by atoms with E-state index in [9.17, 15) is 46.8 Å². The zero-order chi connectivity index (χ0) is 79.7. The highest BCUT2D eigenvalue weighted by Crippen LogP contribution is 2.40. The van der Waals surface area contributed by atoms with E-state index in [1.807, 2.05) is 97.4 Å². The second-order valence-corrected chi connectivity index (χ2v) is 32.8. The van der Waals surface area contributed by atoms with Gasteiger partial charge in [0.2, 0.25) is 69.1 Å². The molecular weight excluding hydrogens is 1380 g/mol. The lowest BCUT2D eigenvalue weighted by Gasteiger charge is -2.36. The van der Waals surface area contributed by atoms with E-state index in [1.54, 1.807) is 51.2 Å². The first-order chi connectivity index (χ1) is 49.7. The summed E-state index contributed by atoms with van der Waals surface area (Å²) in [6.07, 6.45) is 3.62. The maximum absolute atomic E-state index is 15.5. The van der Waals surface area contributed by atoms with Crippen LogP contribution in [-0.4, -0.2) is 255 Å². The highest BCUT2D eigenvalue weighted by atomic mass is 32.2. The summed E-state index contributed by atoms with van der Waals surface area (Å²) in [5, 5.41) is 14.3. The number of piperidine rings is 1. The Kier molecular flexibility index (Phi) is 35.9. The molecular formula is C77H123N13O15S. The average molecular weight is 1500 g/mol. The van der Waals surface area contributed by atoms with E-state index in [2.05, 4.69) is 26.6 Å². The number of nitrogens with one attached hydrogen (secondary N) is 6. The van der Waals surface area contributed by atoms with Crippen molar-refractivity contribution in [1.82, 2.24) is 65.6 Å². The number of carbonyl (C=O) groups excluding carboxylic acids is 13. The van der Waals surface area contributed by atoms with E-state index in [0.717, 1.165) is 32.9 Å². The molecule has 9 atom stereocenters. The molecule has 0 bridgehead atoms. The Balaban J connectivity index is 1.73. The summed E-state index contributed by atoms with van der Waals surface area (Å²) in [5.41, 5.74) is 0.327. The summed E-state index contributed by atoms with van der Waals surface area (Å²) in [4.78, 5) is 198. The van der Waals surface area contributed by atoms with Crippen LogP contribution in [0.25, 0.3) is 0 Å². The molecule has 2 aliphatic rings. The number of likely N-dealkylation sites (tertiary alicyclic amines) is 1. The second-order valence-electron chi connectivity index (χ2n) is 31.0. The van der Waals surface area contributed by atoms with Gasteiger partial charge in [0.15, 0.2) is 11.8 Å². The fraction of sp³-hybridized carbons (Fsp3) is 0.675. The fourth-order valence-electron chi connectivity index (χ4n) is 13.3. The number of hydrogen-bond acceptors (Lipinski definition) is 16. The van der Waals surface area contributed by atoms with Crippen LogP contribution in [0.15, 0.2) is 60.7 Å². The van der Waals surface area contributed by atoms with Crippen LogP contribution >= 0.6 is 0 Å². The molecule has 12 amide bonds. The molecule has 2 fully saturated rings. The third-order valence-corrected chi connectivity index (χ3v) is 20.1. The van der Waals surface area contributed by atoms with E-state index in [-0.39, 0.29) is 106 Å². The average Bonchev–Trinajstić information content (AvgIpc) is 1.58. The summed E-state index contributed by atoms with van der Waals surface area (Å²) in [5.74, 6) is -9.72. The molecule has 1 saturated heterocycles. The van der Waals surface area contributed by atoms with Crippen molar-refractivity contribution in [1.29, 1.82) is 0 Å². The van der Waals surface area contributed by atoms with Gasteiger partial charge in [-0.2, -0.15) is 0 Å². The number of hydrogen-bond donors (Lipinski definition) is 6. The van der Waals surface area contributed by atoms with Crippen molar-refractivity contribution in [2.24, 2.45) is 29.6 Å². The predicted octanol–water partition coefficient (Wildman–Crippen LogP) is 3.84. The molecule has 1 heterocycles. The van der Waals surface area contributed by atoms with Crippen LogP contribution < -0.4 is 31.3 Å². The molecule has 2 aromatic carbocycles. The number of rotatable bonds is 43. The Labute approximate surface area is 629 Å². The van der Waals surface area contributed by atoms with Crippen LogP contribution in [0.4, 0.5) is 0 Å². The number of Topliss-reactive ketones (excluding diaryl/α,β-unsaturated/α-hetero) is 1. The molecule has 0 unspecified atom stereocenters. The molecule has 592 valence electrons. The summed E-state index contributed by atoms with van der Waals surface area (Å²) in [6.45, 7) is 19.9. The van der Waals surface area contributed by atoms with Crippen molar-refractivity contribution in [3.8, 4) is 0 Å². The summed E-state index contributed by atoms with van der Waals surface area (Å²) in [6, 6.07) is 7.25. The van der Waals surface area contributed by atoms with E-state index in [0.29, 0.717) is 37.7 Å². The number of sulfonamides is 1. The Morgan fingerprint density at radius 2 is 0.981 bits per heavy atom. The number of carbonyl (C=O) groups is 13. The van der Waals surface area contributed by atoms with Crippen LogP contribution in [0.2, 0.25) is 0 Å². The van der Waals surface area contributed by atoms with Gasteiger partial charge in [-0.3, -0.25) is 67.1 Å². The van der Waals surface area contributed by atoms with Gasteiger partial charge in [0.1, 0.15) is 41.8 Å². The predicted molar refractivity (Wildman–Crippen MR) is 405 cm³/mol. The summed E-state index contributed by atoms with van der Waals surface area (Å²) < 4.78 is 26.5. The van der Waals surface area contributed by atoms with E-state index < -0.39 is 155 Å². The van der Waals surface area contributed by atoms with E-state index in [1.165, 1.54) is 54.8 Å². The minimum absolute atomic E-state index is 0.00334. The smallest absolute Gasteiger partial charge is 0.255 e. The zero-order valence-corrected chi connectivity index (χ0v) is 66.9. The molecule has 1 aliphatic carbocycles. The number of benzene rings is 2. The number of nitrogens with zero attached hydrogens (tertiary/aromatic N) is 7. The summed E-state index contributed by atoms with van der Waals surface area (Å²) in [7, 11) is 4.56. The van der Waals surface area contributed by atoms with Crippen LogP contribution in [0.3, 0.4) is 0 Å². The van der Waals surface area contributed by atoms with Crippen LogP contribution in [-0.2, 0) is 85.2 Å². The van der Waals surface area contributed by atoms with Crippen molar-refractivity contribution < 1.29 is 70.7 Å². The molecule has 1 aliphatic heterocycles. The van der Waals surface area contributed by atoms with Crippen molar-refractivity contribution in [3.63, 3.8) is 0 Å². The minimum Gasteiger partial charge on any atom is -0.343 e. The quantitative estimate of drug-likeness (QED) is 0.0514. The first-order valence-electron chi connectivity index (χ1n) is 37.6. The number of unbranched alkanes of at least 4 members (excludes halogenated alkanes) is 1. The van der Waals surface area contributed by atoms with Crippen molar-refractivity contribution in [2.75, 3.05) is 81.3 Å². The minimum atomic E-state index is -4.12. The fourth-order valence-corrected chi connectivity index (χ4v) is 13.8. The van der Waals surface area contributed by atoms with E-state index >= 15 is 24.0 Å². The molecule has 4 rings (SSSR count). The van der Waals surface area contributed by atoms with Gasteiger partial charge >= 0.3 is 0 Å². The monoisotopic (exact) mass is 1500 g/mol. The van der Waals surface area contributed by atoms with Gasteiger partial charge in [-0.1, -0.05) is 143 Å². The van der Waals surface area contributed by atoms with Gasteiger partial charge in [0.25, 0.3) is 11.8 Å². The highest BCUT2D eigenvalue weighted by molar-refractivity contribution is 7.89. The molecule has 6 N–H and O–H groups in total. The number of likely N-dealkylation sites (N-methyl/N-ethyl adjacent to an activating group) is 6. The lowest BCUT2D eigenvalue weighted by Crippen LogP contribution is -2.63. The molecule has 29 heteroatoms. The lowest BCUT2D eigenvalue weighted by molar-refractivity contribution is -0.151. The molecule has 2 aromatic rings. The molecule has 106 heavy (non-hydrogen) atoms. The largest absolute Gasteiger partial charge is 0.343 e. The maximum Gasteiger partial charge on any atom is 0.255 e. The SMILES string of the molecule is CCCCN(CC(=O)N(C)[C@@H](Cc1ccccc1)C(=O)N[C@@H](CCC(=O)NS(C)(=O)=O)C(=O)N(C)[C@@H](CC(C)C)C(=O)N[C@@H](CC(C)C)C(=O)N(C)CC(=O)N(C)[C@@]1(Cc2ccccc2)CC1=O)C(=O)[C@H](NC(=O)[C@H](CC(C)C)N(C)C(=O)[C@H](CC(C)C)NC(=O)[C@H](CC(C)C)NC)C(=O)N1CCCCC1. The molecule has 0 aromatic heterocycles. The standard InChI is InChI=1S/C77H123N13O15S/c1-19-20-36-90(76(103)67(75(102)89-37-28-23-29-38-89)82-71(98)61(43-53(10)11)87(16)74(101)59(41-51(6)7)80-68(95)57(78-12)39-49(2)3)48-65(93)85(14)62(44-54-30-24-21-25-31-54)70(97)79-56(34-35-64(92)83-106(18,104)105)73(100)86(15)60(42-52(8)9)69(96)81-58(40-50(4)5)72(99)84(13)47-66(94)88(17)77(46-63(77)91)45-55-32-26-22-27-33-55/h21-22,24-27,30-33,49-53,56-62,67,78H,19-20,23,28-29,34-48H2,1-18H3,(H,79,97)(H,80,95)(H,81,96)(H,82,98)(H,83,92)/t56-,57-,58-,59-,60-,61-,62-,67+,77-/m0/s1.